The number of rotatable bonds is 4. The minimum absolute atomic E-state index is 0.0506. The van der Waals surface area contributed by atoms with Crippen molar-refractivity contribution in [2.24, 2.45) is 5.92 Å². The third-order valence-corrected chi connectivity index (χ3v) is 9.85. The second-order valence-corrected chi connectivity index (χ2v) is 14.9. The number of aromatic nitrogens is 1. The first-order valence-electron chi connectivity index (χ1n) is 16.4. The number of carbonyl (C=O) groups excluding carboxylic acids is 5. The molecule has 5 rings (SSSR count). The molecule has 1 aliphatic carbocycles. The quantitative estimate of drug-likeness (QED) is 0.342. The predicted octanol–water partition coefficient (Wildman–Crippen LogP) is 2.94. The molecular weight excluding hydrogens is 644 g/mol. The molecule has 4 N–H and O–H groups in total. The molecule has 48 heavy (non-hydrogen) atoms. The van der Waals surface area contributed by atoms with Crippen LogP contribution in [0.4, 0.5) is 14.7 Å². The Labute approximate surface area is 282 Å². The Morgan fingerprint density at radius 2 is 1.94 bits per heavy atom. The molecule has 0 spiro atoms. The number of anilines is 1. The molecular formula is C32H44N6O9S. The Kier molecular flexibility index (Phi) is 10.3. The average Bonchev–Trinajstić information content (AvgIpc) is 3.30. The monoisotopic (exact) mass is 688 g/mol. The molecule has 1 aromatic rings. The molecule has 1 aromatic heterocycles. The number of carbonyl (C=O) groups is 6. The van der Waals surface area contributed by atoms with Crippen LogP contribution < -0.4 is 16.0 Å². The van der Waals surface area contributed by atoms with E-state index >= 15 is 0 Å². The Hall–Kier alpha value is -4.21. The number of allylic oxidation sites excluding steroid dienone is 1. The van der Waals surface area contributed by atoms with Gasteiger partial charge in [0.1, 0.15) is 29.3 Å². The van der Waals surface area contributed by atoms with Crippen LogP contribution >= 0.6 is 11.3 Å². The molecule has 15 nitrogen and oxygen atoms in total. The highest BCUT2D eigenvalue weighted by atomic mass is 32.1. The number of hydrogen-bond donors (Lipinski definition) is 4. The van der Waals surface area contributed by atoms with Gasteiger partial charge in [0.15, 0.2) is 5.13 Å². The van der Waals surface area contributed by atoms with Gasteiger partial charge in [0, 0.05) is 37.1 Å². The maximum absolute atomic E-state index is 14.1. The van der Waals surface area contributed by atoms with Crippen LogP contribution in [0.25, 0.3) is 0 Å². The van der Waals surface area contributed by atoms with E-state index in [0.717, 1.165) is 29.8 Å². The van der Waals surface area contributed by atoms with Crippen LogP contribution in [-0.2, 0) is 41.6 Å². The van der Waals surface area contributed by atoms with Crippen LogP contribution in [0, 0.1) is 5.92 Å². The molecule has 0 unspecified atom stereocenters. The van der Waals surface area contributed by atoms with Crippen molar-refractivity contribution in [2.45, 2.75) is 115 Å². The average molecular weight is 689 g/mol. The molecule has 3 aliphatic heterocycles. The van der Waals surface area contributed by atoms with Crippen LogP contribution in [0.2, 0.25) is 0 Å². The molecule has 1 saturated heterocycles. The number of alkyl carbamates (subject to hydrolysis) is 1. The van der Waals surface area contributed by atoms with Crippen molar-refractivity contribution in [2.75, 3.05) is 18.4 Å². The fourth-order valence-electron chi connectivity index (χ4n) is 6.37. The number of hydrogen-bond acceptors (Lipinski definition) is 10. The van der Waals surface area contributed by atoms with Crippen LogP contribution in [0.5, 0.6) is 0 Å². The molecule has 4 aliphatic rings. The van der Waals surface area contributed by atoms with Gasteiger partial charge in [-0.25, -0.2) is 19.4 Å². The number of aliphatic carboxylic acids is 1. The van der Waals surface area contributed by atoms with Crippen molar-refractivity contribution in [1.82, 2.24) is 25.4 Å². The molecule has 2 fully saturated rings. The van der Waals surface area contributed by atoms with Crippen molar-refractivity contribution in [3.05, 3.63) is 22.7 Å². The lowest BCUT2D eigenvalue weighted by atomic mass is 10.0. The SMILES string of the molecule is CC(=O)Nc1nc2c(s1)CN(C(=O)O[C@@H]1C[C@H]3C(=O)N[C@]4(C(=O)O)C[C@H]4/C=C\CCCCC[C@H](NC(=O)OC(C)(C)C)C(=O)N3C1)CC2. The van der Waals surface area contributed by atoms with Crippen molar-refractivity contribution < 1.29 is 43.3 Å². The Morgan fingerprint density at radius 3 is 2.65 bits per heavy atom. The summed E-state index contributed by atoms with van der Waals surface area (Å²) in [6, 6.07) is -2.16. The number of nitrogens with one attached hydrogen (secondary N) is 3. The number of nitrogens with zero attached hydrogens (tertiary/aromatic N) is 3. The minimum atomic E-state index is -1.48. The van der Waals surface area contributed by atoms with Crippen molar-refractivity contribution >= 4 is 52.3 Å². The molecule has 0 bridgehead atoms. The fourth-order valence-corrected chi connectivity index (χ4v) is 7.44. The molecule has 5 atom stereocenters. The largest absolute Gasteiger partial charge is 0.479 e. The standard InChI is InChI=1S/C32H44N6O9S/c1-18(39)33-28-34-21-12-13-37(17-24(21)48-28)30(45)46-20-14-23-25(40)36-32(27(42)43)15-19(32)10-8-6-5-7-9-11-22(26(41)38(23)16-20)35-29(44)47-31(2,3)4/h8,10,19-20,22-23H,5-7,9,11-17H2,1-4H3,(H,35,44)(H,36,40)(H,42,43)(H,33,34,39)/b10-8-/t19-,20-,22+,23+,32-/m1/s1. The summed E-state index contributed by atoms with van der Waals surface area (Å²) in [6.07, 6.45) is 5.33. The third-order valence-electron chi connectivity index (χ3n) is 8.85. The highest BCUT2D eigenvalue weighted by Gasteiger charge is 2.61. The van der Waals surface area contributed by atoms with Gasteiger partial charge in [-0.1, -0.05) is 36.3 Å². The van der Waals surface area contributed by atoms with Crippen LogP contribution in [0.15, 0.2) is 12.2 Å². The fraction of sp³-hybridized carbons (Fsp3) is 0.656. The number of carboxylic acids is 1. The zero-order valence-electron chi connectivity index (χ0n) is 27.7. The van der Waals surface area contributed by atoms with Gasteiger partial charge in [0.2, 0.25) is 17.7 Å². The van der Waals surface area contributed by atoms with E-state index < -0.39 is 59.3 Å². The van der Waals surface area contributed by atoms with Gasteiger partial charge in [-0.2, -0.15) is 0 Å². The Balaban J connectivity index is 1.35. The summed E-state index contributed by atoms with van der Waals surface area (Å²) in [4.78, 5) is 85.9. The van der Waals surface area contributed by atoms with Crippen molar-refractivity contribution in [3.63, 3.8) is 0 Å². The van der Waals surface area contributed by atoms with E-state index in [9.17, 15) is 33.9 Å². The van der Waals surface area contributed by atoms with Gasteiger partial charge in [-0.3, -0.25) is 14.4 Å². The van der Waals surface area contributed by atoms with E-state index in [4.69, 9.17) is 9.47 Å². The second-order valence-electron chi connectivity index (χ2n) is 13.8. The highest BCUT2D eigenvalue weighted by Crippen LogP contribution is 2.45. The summed E-state index contributed by atoms with van der Waals surface area (Å²) in [7, 11) is 0. The van der Waals surface area contributed by atoms with Crippen LogP contribution in [0.1, 0.15) is 83.2 Å². The lowest BCUT2D eigenvalue weighted by molar-refractivity contribution is -0.145. The maximum atomic E-state index is 14.1. The third kappa shape index (κ3) is 8.25. The van der Waals surface area contributed by atoms with E-state index in [1.54, 1.807) is 20.8 Å². The molecule has 16 heteroatoms. The second kappa shape index (κ2) is 14.1. The van der Waals surface area contributed by atoms with Gasteiger partial charge < -0.3 is 40.3 Å². The first-order chi connectivity index (χ1) is 22.6. The van der Waals surface area contributed by atoms with Crippen LogP contribution in [-0.4, -0.2) is 98.2 Å². The van der Waals surface area contributed by atoms with Gasteiger partial charge in [0.05, 0.1) is 18.8 Å². The van der Waals surface area contributed by atoms with Gasteiger partial charge in [0.25, 0.3) is 0 Å². The van der Waals surface area contributed by atoms with E-state index in [1.165, 1.54) is 28.1 Å². The zero-order valence-corrected chi connectivity index (χ0v) is 28.5. The minimum Gasteiger partial charge on any atom is -0.479 e. The van der Waals surface area contributed by atoms with Crippen LogP contribution in [0.3, 0.4) is 0 Å². The number of fused-ring (bicyclic) bond motifs is 3. The Morgan fingerprint density at radius 1 is 1.17 bits per heavy atom. The summed E-state index contributed by atoms with van der Waals surface area (Å²) in [5.74, 6) is -2.99. The molecule has 5 amide bonds. The van der Waals surface area contributed by atoms with E-state index in [-0.39, 0.29) is 37.8 Å². The Bertz CT molecular complexity index is 1490. The van der Waals surface area contributed by atoms with E-state index in [1.807, 2.05) is 12.2 Å². The number of ether oxygens (including phenoxy) is 2. The van der Waals surface area contributed by atoms with E-state index in [0.29, 0.717) is 30.9 Å². The summed E-state index contributed by atoms with van der Waals surface area (Å²) < 4.78 is 11.3. The van der Waals surface area contributed by atoms with Crippen molar-refractivity contribution in [3.8, 4) is 0 Å². The maximum Gasteiger partial charge on any atom is 0.410 e. The number of thiazole rings is 1. The topological polar surface area (TPSA) is 197 Å². The first-order valence-corrected chi connectivity index (χ1v) is 17.2. The molecule has 0 aromatic carbocycles. The zero-order chi connectivity index (χ0) is 34.8. The summed E-state index contributed by atoms with van der Waals surface area (Å²) in [5, 5.41) is 18.6. The summed E-state index contributed by atoms with van der Waals surface area (Å²) >= 11 is 1.28. The van der Waals surface area contributed by atoms with Crippen molar-refractivity contribution in [1.29, 1.82) is 0 Å². The molecule has 0 radical (unpaired) electrons. The molecule has 262 valence electrons. The smallest absolute Gasteiger partial charge is 0.410 e. The lowest BCUT2D eigenvalue weighted by Gasteiger charge is -2.30. The predicted molar refractivity (Wildman–Crippen MR) is 173 cm³/mol. The summed E-state index contributed by atoms with van der Waals surface area (Å²) in [6.45, 7) is 6.95. The normalized spacial score (nSPS) is 28.3. The molecule has 1 saturated carbocycles. The number of amides is 5. The highest BCUT2D eigenvalue weighted by molar-refractivity contribution is 7.15. The van der Waals surface area contributed by atoms with E-state index in [2.05, 4.69) is 20.9 Å². The first kappa shape index (κ1) is 35.1. The van der Waals surface area contributed by atoms with Gasteiger partial charge >= 0.3 is 18.2 Å². The number of carboxylic acid groups (broad SMARTS) is 1. The van der Waals surface area contributed by atoms with Gasteiger partial charge in [-0.15, -0.1) is 0 Å². The van der Waals surface area contributed by atoms with Gasteiger partial charge in [-0.05, 0) is 46.5 Å². The lowest BCUT2D eigenvalue weighted by Crippen LogP contribution is -2.56. The molecule has 4 heterocycles. The summed E-state index contributed by atoms with van der Waals surface area (Å²) in [5.41, 5.74) is -1.49.